The van der Waals surface area contributed by atoms with Crippen molar-refractivity contribution in [3.05, 3.63) is 22.4 Å². The van der Waals surface area contributed by atoms with E-state index in [4.69, 9.17) is 4.99 Å². The minimum Gasteiger partial charge on any atom is -0.357 e. The Morgan fingerprint density at radius 2 is 2.19 bits per heavy atom. The molecule has 0 aliphatic carbocycles. The summed E-state index contributed by atoms with van der Waals surface area (Å²) in [6, 6.07) is 4.56. The van der Waals surface area contributed by atoms with E-state index < -0.39 is 9.84 Å². The molecule has 9 heteroatoms. The molecule has 2 aliphatic rings. The van der Waals surface area contributed by atoms with E-state index in [9.17, 15) is 8.42 Å². The summed E-state index contributed by atoms with van der Waals surface area (Å²) in [4.78, 5) is 8.65. The van der Waals surface area contributed by atoms with Crippen molar-refractivity contribution >= 4 is 51.1 Å². The Bertz CT molecular complexity index is 673. The number of sulfone groups is 1. The van der Waals surface area contributed by atoms with Crippen LogP contribution in [0.1, 0.15) is 37.1 Å². The van der Waals surface area contributed by atoms with Gasteiger partial charge < -0.3 is 10.6 Å². The van der Waals surface area contributed by atoms with Gasteiger partial charge in [-0.25, -0.2) is 8.42 Å². The van der Waals surface area contributed by atoms with Crippen molar-refractivity contribution in [3.63, 3.8) is 0 Å². The fourth-order valence-electron chi connectivity index (χ4n) is 3.52. The second kappa shape index (κ2) is 10.2. The van der Waals surface area contributed by atoms with E-state index in [-0.39, 0.29) is 41.5 Å². The van der Waals surface area contributed by atoms with Gasteiger partial charge in [0.15, 0.2) is 15.8 Å². The molecule has 2 saturated heterocycles. The fourth-order valence-corrected chi connectivity index (χ4v) is 6.04. The molecule has 148 valence electrons. The molecule has 6 nitrogen and oxygen atoms in total. The van der Waals surface area contributed by atoms with Crippen molar-refractivity contribution in [2.45, 2.75) is 38.3 Å². The first-order valence-electron chi connectivity index (χ1n) is 9.10. The lowest BCUT2D eigenvalue weighted by molar-refractivity contribution is 0.255. The molecule has 2 fully saturated rings. The number of guanidine groups is 1. The zero-order chi connectivity index (χ0) is 17.7. The lowest BCUT2D eigenvalue weighted by Crippen LogP contribution is -2.44. The molecule has 0 spiro atoms. The number of rotatable bonds is 6. The van der Waals surface area contributed by atoms with Crippen LogP contribution in [0.4, 0.5) is 0 Å². The maximum absolute atomic E-state index is 11.7. The molecular formula is C17H29IN4O2S2. The zero-order valence-electron chi connectivity index (χ0n) is 15.2. The van der Waals surface area contributed by atoms with Gasteiger partial charge in [-0.2, -0.15) is 0 Å². The maximum atomic E-state index is 11.7. The fraction of sp³-hybridized carbons (Fsp3) is 0.706. The molecule has 2 atom stereocenters. The average molecular weight is 512 g/mol. The van der Waals surface area contributed by atoms with Crippen molar-refractivity contribution in [3.8, 4) is 0 Å². The highest BCUT2D eigenvalue weighted by molar-refractivity contribution is 14.0. The van der Waals surface area contributed by atoms with E-state index in [0.29, 0.717) is 19.0 Å². The number of aliphatic imine (C=N–C) groups is 1. The molecule has 0 saturated carbocycles. The normalized spacial score (nSPS) is 24.2. The molecule has 3 rings (SSSR count). The number of halogens is 1. The molecule has 0 aromatic carbocycles. The standard InChI is InChI=1S/C17H28N4O2S2.HI/c1-2-18-17(20-14-7-11-25(22,23)13-14)19-12-15(16-6-5-10-24-16)21-8-3-4-9-21;/h5-6,10,14-15H,2-4,7-9,11-13H2,1H3,(H2,18,19,20);1H. The monoisotopic (exact) mass is 512 g/mol. The van der Waals surface area contributed by atoms with Crippen LogP contribution in [0.2, 0.25) is 0 Å². The number of hydrogen-bond donors (Lipinski definition) is 2. The van der Waals surface area contributed by atoms with Gasteiger partial charge in [0.05, 0.1) is 24.1 Å². The highest BCUT2D eigenvalue weighted by Gasteiger charge is 2.29. The van der Waals surface area contributed by atoms with Crippen LogP contribution in [0.25, 0.3) is 0 Å². The lowest BCUT2D eigenvalue weighted by atomic mass is 10.2. The predicted molar refractivity (Wildman–Crippen MR) is 119 cm³/mol. The van der Waals surface area contributed by atoms with Gasteiger partial charge in [0.2, 0.25) is 0 Å². The van der Waals surface area contributed by atoms with Crippen LogP contribution >= 0.6 is 35.3 Å². The number of nitrogens with zero attached hydrogens (tertiary/aromatic N) is 2. The topological polar surface area (TPSA) is 73.8 Å². The van der Waals surface area contributed by atoms with E-state index in [1.54, 1.807) is 11.3 Å². The van der Waals surface area contributed by atoms with E-state index in [0.717, 1.165) is 25.6 Å². The van der Waals surface area contributed by atoms with Gasteiger partial charge in [-0.15, -0.1) is 35.3 Å². The summed E-state index contributed by atoms with van der Waals surface area (Å²) in [6.45, 7) is 5.74. The Labute approximate surface area is 177 Å². The summed E-state index contributed by atoms with van der Waals surface area (Å²) < 4.78 is 23.3. The minimum absolute atomic E-state index is 0. The summed E-state index contributed by atoms with van der Waals surface area (Å²) in [6.07, 6.45) is 3.17. The van der Waals surface area contributed by atoms with Crippen molar-refractivity contribution in [2.24, 2.45) is 4.99 Å². The second-order valence-corrected chi connectivity index (χ2v) is 9.95. The summed E-state index contributed by atoms with van der Waals surface area (Å²) in [5.41, 5.74) is 0. The molecule has 0 bridgehead atoms. The van der Waals surface area contributed by atoms with Crippen LogP contribution in [-0.4, -0.2) is 63.0 Å². The third kappa shape index (κ3) is 6.07. The molecule has 1 aromatic heterocycles. The Morgan fingerprint density at radius 1 is 1.42 bits per heavy atom. The van der Waals surface area contributed by atoms with Crippen molar-refractivity contribution < 1.29 is 8.42 Å². The smallest absolute Gasteiger partial charge is 0.191 e. The third-order valence-corrected chi connectivity index (χ3v) is 7.53. The first-order valence-corrected chi connectivity index (χ1v) is 11.8. The van der Waals surface area contributed by atoms with Crippen molar-refractivity contribution in [1.29, 1.82) is 0 Å². The van der Waals surface area contributed by atoms with Crippen LogP contribution in [0.5, 0.6) is 0 Å². The van der Waals surface area contributed by atoms with Gasteiger partial charge in [0.1, 0.15) is 0 Å². The number of hydrogen-bond acceptors (Lipinski definition) is 5. The summed E-state index contributed by atoms with van der Waals surface area (Å²) in [5, 5.41) is 8.69. The molecule has 2 unspecified atom stereocenters. The Morgan fingerprint density at radius 3 is 2.77 bits per heavy atom. The van der Waals surface area contributed by atoms with Crippen LogP contribution in [-0.2, 0) is 9.84 Å². The van der Waals surface area contributed by atoms with Gasteiger partial charge in [0.25, 0.3) is 0 Å². The first kappa shape index (κ1) is 21.9. The maximum Gasteiger partial charge on any atom is 0.191 e. The summed E-state index contributed by atoms with van der Waals surface area (Å²) in [7, 11) is -2.89. The lowest BCUT2D eigenvalue weighted by Gasteiger charge is -2.26. The molecule has 0 amide bonds. The molecule has 1 aromatic rings. The van der Waals surface area contributed by atoms with Gasteiger partial charge in [-0.3, -0.25) is 9.89 Å². The van der Waals surface area contributed by atoms with Gasteiger partial charge >= 0.3 is 0 Å². The Hall–Kier alpha value is -0.390. The minimum atomic E-state index is -2.89. The molecule has 2 N–H and O–H groups in total. The highest BCUT2D eigenvalue weighted by atomic mass is 127. The van der Waals surface area contributed by atoms with Crippen molar-refractivity contribution in [2.75, 3.05) is 37.7 Å². The van der Waals surface area contributed by atoms with Crippen LogP contribution in [0.3, 0.4) is 0 Å². The number of nitrogens with one attached hydrogen (secondary N) is 2. The first-order chi connectivity index (χ1) is 12.1. The molecule has 0 radical (unpaired) electrons. The summed E-state index contributed by atoms with van der Waals surface area (Å²) in [5.74, 6) is 1.21. The Balaban J connectivity index is 0.00000243. The van der Waals surface area contributed by atoms with Gasteiger partial charge in [-0.1, -0.05) is 6.07 Å². The molecule has 2 aliphatic heterocycles. The summed E-state index contributed by atoms with van der Waals surface area (Å²) >= 11 is 1.78. The van der Waals surface area contributed by atoms with Crippen LogP contribution in [0.15, 0.2) is 22.5 Å². The van der Waals surface area contributed by atoms with Gasteiger partial charge in [0, 0.05) is 17.5 Å². The third-order valence-electron chi connectivity index (χ3n) is 4.79. The number of likely N-dealkylation sites (tertiary alicyclic amines) is 1. The number of thiophene rings is 1. The highest BCUT2D eigenvalue weighted by Crippen LogP contribution is 2.28. The van der Waals surface area contributed by atoms with E-state index in [1.807, 2.05) is 6.92 Å². The van der Waals surface area contributed by atoms with Crippen LogP contribution < -0.4 is 10.6 Å². The average Bonchev–Trinajstić information content (AvgIpc) is 3.30. The van der Waals surface area contributed by atoms with E-state index in [1.165, 1.54) is 17.7 Å². The van der Waals surface area contributed by atoms with E-state index in [2.05, 4.69) is 33.0 Å². The molecular weight excluding hydrogens is 483 g/mol. The predicted octanol–water partition coefficient (Wildman–Crippen LogP) is 2.25. The quantitative estimate of drug-likeness (QED) is 0.348. The SMILES string of the molecule is CCNC(=NCC(c1cccs1)N1CCCC1)NC1CCS(=O)(=O)C1.I. The largest absolute Gasteiger partial charge is 0.357 e. The van der Waals surface area contributed by atoms with E-state index >= 15 is 0 Å². The molecule has 26 heavy (non-hydrogen) atoms. The van der Waals surface area contributed by atoms with Crippen LogP contribution in [0, 0.1) is 0 Å². The zero-order valence-corrected chi connectivity index (χ0v) is 19.1. The van der Waals surface area contributed by atoms with Gasteiger partial charge in [-0.05, 0) is 50.7 Å². The second-order valence-electron chi connectivity index (χ2n) is 6.74. The van der Waals surface area contributed by atoms with Crippen molar-refractivity contribution in [1.82, 2.24) is 15.5 Å². The Kier molecular flexibility index (Phi) is 8.62. The molecule has 3 heterocycles.